The summed E-state index contributed by atoms with van der Waals surface area (Å²) in [6.45, 7) is 1.84. The van der Waals surface area contributed by atoms with Crippen molar-refractivity contribution in [2.24, 2.45) is 0 Å². The molecule has 0 saturated carbocycles. The second-order valence-corrected chi connectivity index (χ2v) is 5.07. The van der Waals surface area contributed by atoms with Gasteiger partial charge in [-0.3, -0.25) is 0 Å². The Morgan fingerprint density at radius 3 is 2.43 bits per heavy atom. The van der Waals surface area contributed by atoms with Gasteiger partial charge in [-0.1, -0.05) is 36.4 Å². The maximum Gasteiger partial charge on any atom is 0.285 e. The van der Waals surface area contributed by atoms with Gasteiger partial charge in [-0.2, -0.15) is 8.78 Å². The van der Waals surface area contributed by atoms with Crippen LogP contribution < -0.4 is 5.32 Å². The average molecular weight is 293 g/mol. The maximum absolute atomic E-state index is 13.9. The topological polar surface area (TPSA) is 12.0 Å². The first-order chi connectivity index (χ1) is 9.99. The van der Waals surface area contributed by atoms with Gasteiger partial charge in [-0.05, 0) is 43.1 Å². The largest absolute Gasteiger partial charge is 0.311 e. The van der Waals surface area contributed by atoms with Gasteiger partial charge in [0.05, 0.1) is 6.54 Å². The Hall–Kier alpha value is -1.81. The van der Waals surface area contributed by atoms with Crippen LogP contribution in [0.4, 0.5) is 13.2 Å². The van der Waals surface area contributed by atoms with Crippen LogP contribution in [-0.4, -0.2) is 13.1 Å². The van der Waals surface area contributed by atoms with Crippen LogP contribution in [-0.2, 0) is 12.3 Å². The molecule has 0 atom stereocenters. The van der Waals surface area contributed by atoms with Crippen molar-refractivity contribution >= 4 is 0 Å². The van der Waals surface area contributed by atoms with E-state index in [2.05, 4.69) is 5.32 Å². The summed E-state index contributed by atoms with van der Waals surface area (Å²) in [5, 5.41) is 2.77. The lowest BCUT2D eigenvalue weighted by Crippen LogP contribution is -2.32. The van der Waals surface area contributed by atoms with Crippen LogP contribution in [0.2, 0.25) is 0 Å². The molecule has 0 spiro atoms. The molecule has 21 heavy (non-hydrogen) atoms. The molecular formula is C17H18F3N. The van der Waals surface area contributed by atoms with Crippen molar-refractivity contribution in [2.45, 2.75) is 19.3 Å². The lowest BCUT2D eigenvalue weighted by atomic mass is 10.1. The summed E-state index contributed by atoms with van der Waals surface area (Å²) in [5.41, 5.74) is 1.81. The van der Waals surface area contributed by atoms with Gasteiger partial charge >= 0.3 is 0 Å². The molecule has 0 saturated heterocycles. The van der Waals surface area contributed by atoms with E-state index in [1.807, 2.05) is 6.92 Å². The van der Waals surface area contributed by atoms with Gasteiger partial charge in [-0.25, -0.2) is 4.39 Å². The molecule has 0 aliphatic heterocycles. The number of benzene rings is 2. The van der Waals surface area contributed by atoms with Gasteiger partial charge in [0.1, 0.15) is 5.82 Å². The van der Waals surface area contributed by atoms with Crippen LogP contribution >= 0.6 is 0 Å². The standard InChI is InChI=1S/C17H18F3N/c1-13-11-16(18)8-7-14(13)9-10-21-12-17(19,20)15-5-3-2-4-6-15/h2-8,11,21H,9-10,12H2,1H3. The Morgan fingerprint density at radius 2 is 1.76 bits per heavy atom. The maximum atomic E-state index is 13.9. The molecule has 0 amide bonds. The molecule has 0 bridgehead atoms. The summed E-state index contributed by atoms with van der Waals surface area (Å²) < 4.78 is 40.8. The molecule has 1 nitrogen and oxygen atoms in total. The molecule has 0 aliphatic carbocycles. The van der Waals surface area contributed by atoms with Gasteiger partial charge in [0, 0.05) is 5.56 Å². The first-order valence-electron chi connectivity index (χ1n) is 6.88. The van der Waals surface area contributed by atoms with Crippen molar-refractivity contribution in [3.63, 3.8) is 0 Å². The first-order valence-corrected chi connectivity index (χ1v) is 6.88. The monoisotopic (exact) mass is 293 g/mol. The number of halogens is 3. The first kappa shape index (κ1) is 15.6. The lowest BCUT2D eigenvalue weighted by Gasteiger charge is -2.17. The highest BCUT2D eigenvalue weighted by atomic mass is 19.3. The lowest BCUT2D eigenvalue weighted by molar-refractivity contribution is -0.00285. The second kappa shape index (κ2) is 6.76. The van der Waals surface area contributed by atoms with E-state index in [1.54, 1.807) is 24.3 Å². The number of hydrogen-bond donors (Lipinski definition) is 1. The number of nitrogens with one attached hydrogen (secondary N) is 1. The molecule has 0 aromatic heterocycles. The predicted octanol–water partition coefficient (Wildman–Crippen LogP) is 4.06. The smallest absolute Gasteiger partial charge is 0.285 e. The molecule has 112 valence electrons. The SMILES string of the molecule is Cc1cc(F)ccc1CCNCC(F)(F)c1ccccc1. The number of hydrogen-bond acceptors (Lipinski definition) is 1. The third-order valence-electron chi connectivity index (χ3n) is 3.42. The average Bonchev–Trinajstić information content (AvgIpc) is 2.46. The fourth-order valence-corrected chi connectivity index (χ4v) is 2.19. The van der Waals surface area contributed by atoms with Crippen LogP contribution in [0.5, 0.6) is 0 Å². The fraction of sp³-hybridized carbons (Fsp3) is 0.294. The summed E-state index contributed by atoms with van der Waals surface area (Å²) in [6, 6.07) is 12.3. The van der Waals surface area contributed by atoms with Crippen LogP contribution in [0.15, 0.2) is 48.5 Å². The Kier molecular flexibility index (Phi) is 5.02. The van der Waals surface area contributed by atoms with E-state index in [0.29, 0.717) is 13.0 Å². The molecule has 2 aromatic rings. The van der Waals surface area contributed by atoms with E-state index < -0.39 is 12.5 Å². The Morgan fingerprint density at radius 1 is 1.05 bits per heavy atom. The van der Waals surface area contributed by atoms with Gasteiger partial charge in [0.2, 0.25) is 0 Å². The highest BCUT2D eigenvalue weighted by Gasteiger charge is 2.30. The van der Waals surface area contributed by atoms with E-state index in [1.165, 1.54) is 24.3 Å². The summed E-state index contributed by atoms with van der Waals surface area (Å²) in [4.78, 5) is 0. The molecule has 0 unspecified atom stereocenters. The molecule has 1 N–H and O–H groups in total. The zero-order valence-electron chi connectivity index (χ0n) is 11.9. The quantitative estimate of drug-likeness (QED) is 0.792. The van der Waals surface area contributed by atoms with E-state index in [9.17, 15) is 13.2 Å². The zero-order chi connectivity index (χ0) is 15.3. The second-order valence-electron chi connectivity index (χ2n) is 5.07. The molecule has 0 aliphatic rings. The molecule has 2 rings (SSSR count). The Labute approximate surface area is 122 Å². The minimum Gasteiger partial charge on any atom is -0.311 e. The number of aryl methyl sites for hydroxylation is 1. The number of rotatable bonds is 6. The van der Waals surface area contributed by atoms with Crippen molar-refractivity contribution in [3.8, 4) is 0 Å². The predicted molar refractivity (Wildman–Crippen MR) is 78.0 cm³/mol. The fourth-order valence-electron chi connectivity index (χ4n) is 2.19. The number of alkyl halides is 2. The molecule has 0 fully saturated rings. The van der Waals surface area contributed by atoms with Crippen LogP contribution in [0.3, 0.4) is 0 Å². The summed E-state index contributed by atoms with van der Waals surface area (Å²) in [6.07, 6.45) is 0.594. The van der Waals surface area contributed by atoms with E-state index in [0.717, 1.165) is 11.1 Å². The molecule has 0 heterocycles. The molecular weight excluding hydrogens is 275 g/mol. The van der Waals surface area contributed by atoms with Crippen LogP contribution in [0.1, 0.15) is 16.7 Å². The minimum absolute atomic E-state index is 0.00969. The van der Waals surface area contributed by atoms with Crippen LogP contribution in [0.25, 0.3) is 0 Å². The van der Waals surface area contributed by atoms with E-state index in [-0.39, 0.29) is 11.4 Å². The summed E-state index contributed by atoms with van der Waals surface area (Å²) >= 11 is 0. The van der Waals surface area contributed by atoms with Crippen molar-refractivity contribution in [1.29, 1.82) is 0 Å². The zero-order valence-corrected chi connectivity index (χ0v) is 11.9. The van der Waals surface area contributed by atoms with Gasteiger partial charge in [0.25, 0.3) is 5.92 Å². The minimum atomic E-state index is -2.89. The highest BCUT2D eigenvalue weighted by molar-refractivity contribution is 5.26. The van der Waals surface area contributed by atoms with Crippen molar-refractivity contribution < 1.29 is 13.2 Å². The van der Waals surface area contributed by atoms with Crippen molar-refractivity contribution in [3.05, 3.63) is 71.0 Å². The van der Waals surface area contributed by atoms with Gasteiger partial charge < -0.3 is 5.32 Å². The molecule has 0 radical (unpaired) electrons. The van der Waals surface area contributed by atoms with Gasteiger partial charge in [0.15, 0.2) is 0 Å². The van der Waals surface area contributed by atoms with Crippen molar-refractivity contribution in [1.82, 2.24) is 5.32 Å². The Balaban J connectivity index is 1.84. The van der Waals surface area contributed by atoms with E-state index >= 15 is 0 Å². The molecule has 2 aromatic carbocycles. The molecule has 4 heteroatoms. The Bertz CT molecular complexity index is 582. The third-order valence-corrected chi connectivity index (χ3v) is 3.42. The summed E-state index contributed by atoms with van der Waals surface area (Å²) in [7, 11) is 0. The van der Waals surface area contributed by atoms with Crippen LogP contribution in [0, 0.1) is 12.7 Å². The third kappa shape index (κ3) is 4.33. The summed E-state index contributed by atoms with van der Waals surface area (Å²) in [5.74, 6) is -3.17. The highest BCUT2D eigenvalue weighted by Crippen LogP contribution is 2.26. The van der Waals surface area contributed by atoms with Gasteiger partial charge in [-0.15, -0.1) is 0 Å². The van der Waals surface area contributed by atoms with E-state index in [4.69, 9.17) is 0 Å². The van der Waals surface area contributed by atoms with Crippen molar-refractivity contribution in [2.75, 3.05) is 13.1 Å². The normalized spacial score (nSPS) is 11.6.